The minimum atomic E-state index is -0.438. The number of fused-ring (bicyclic) bond motifs is 1. The van der Waals surface area contributed by atoms with Crippen LogP contribution in [0.3, 0.4) is 0 Å². The van der Waals surface area contributed by atoms with Crippen LogP contribution in [-0.4, -0.2) is 26.8 Å². The Morgan fingerprint density at radius 2 is 1.86 bits per heavy atom. The Hall–Kier alpha value is -2.48. The van der Waals surface area contributed by atoms with Gasteiger partial charge in [0.25, 0.3) is 11.5 Å². The van der Waals surface area contributed by atoms with E-state index in [4.69, 9.17) is 12.2 Å². The quantitative estimate of drug-likeness (QED) is 0.541. The molecule has 150 valence electrons. The minimum Gasteiger partial charge on any atom is -0.358 e. The Labute approximate surface area is 169 Å². The van der Waals surface area contributed by atoms with Crippen molar-refractivity contribution >= 4 is 34.0 Å². The van der Waals surface area contributed by atoms with Crippen molar-refractivity contribution in [2.45, 2.75) is 58.5 Å². The molecule has 0 radical (unpaired) electrons. The van der Waals surface area contributed by atoms with Gasteiger partial charge >= 0.3 is 0 Å². The fraction of sp³-hybridized carbons (Fsp3) is 0.500. The van der Waals surface area contributed by atoms with Crippen molar-refractivity contribution in [1.29, 1.82) is 0 Å². The summed E-state index contributed by atoms with van der Waals surface area (Å²) in [7, 11) is 0. The maximum atomic E-state index is 12.8. The summed E-state index contributed by atoms with van der Waals surface area (Å²) in [6, 6.07) is 7.14. The predicted molar refractivity (Wildman–Crippen MR) is 114 cm³/mol. The summed E-state index contributed by atoms with van der Waals surface area (Å²) in [6.45, 7) is 5.92. The lowest BCUT2D eigenvalue weighted by Gasteiger charge is -2.30. The molecule has 1 aliphatic carbocycles. The second-order valence-corrected chi connectivity index (χ2v) is 8.07. The molecule has 1 saturated carbocycles. The fourth-order valence-corrected chi connectivity index (χ4v) is 3.83. The van der Waals surface area contributed by atoms with E-state index in [0.29, 0.717) is 27.8 Å². The van der Waals surface area contributed by atoms with Gasteiger partial charge in [-0.1, -0.05) is 38.0 Å². The van der Waals surface area contributed by atoms with Crippen LogP contribution in [0.25, 0.3) is 10.8 Å². The topological polar surface area (TPSA) is 88.0 Å². The molecule has 7 nitrogen and oxygen atoms in total. The monoisotopic (exact) mass is 401 g/mol. The molecule has 3 N–H and O–H groups in total. The molecule has 1 aromatic heterocycles. The molecule has 0 bridgehead atoms. The smallest absolute Gasteiger partial charge is 0.290 e. The standard InChI is InChI=1S/C20H27N5O2S/c1-12(2)25-19(27)15-10-6-5-9-14(15)17(24-25)18(26)22-23-20(28)21-16-11-7-4-8-13(16)3/h5-6,9-10,12-13,16H,4,7-8,11H2,1-3H3,(H,22,26)(H2,21,23,28). The minimum absolute atomic E-state index is 0.160. The van der Waals surface area contributed by atoms with Gasteiger partial charge in [-0.05, 0) is 50.9 Å². The zero-order chi connectivity index (χ0) is 20.3. The molecule has 1 heterocycles. The molecule has 0 aliphatic heterocycles. The molecule has 2 aromatic rings. The fourth-order valence-electron chi connectivity index (χ4n) is 3.63. The van der Waals surface area contributed by atoms with Gasteiger partial charge in [-0.3, -0.25) is 20.4 Å². The molecule has 2 atom stereocenters. The number of benzene rings is 1. The van der Waals surface area contributed by atoms with E-state index in [1.54, 1.807) is 24.3 Å². The van der Waals surface area contributed by atoms with E-state index in [2.05, 4.69) is 28.2 Å². The number of aromatic nitrogens is 2. The van der Waals surface area contributed by atoms with Crippen LogP contribution in [0.1, 0.15) is 63.0 Å². The second-order valence-electron chi connectivity index (χ2n) is 7.66. The van der Waals surface area contributed by atoms with Gasteiger partial charge in [0, 0.05) is 11.4 Å². The average molecular weight is 402 g/mol. The van der Waals surface area contributed by atoms with Crippen LogP contribution in [0, 0.1) is 5.92 Å². The largest absolute Gasteiger partial charge is 0.358 e. The number of hydrazine groups is 1. The molecule has 0 saturated heterocycles. The van der Waals surface area contributed by atoms with Crippen molar-refractivity contribution in [3.8, 4) is 0 Å². The summed E-state index contributed by atoms with van der Waals surface area (Å²) < 4.78 is 1.33. The van der Waals surface area contributed by atoms with Gasteiger partial charge < -0.3 is 5.32 Å². The maximum Gasteiger partial charge on any atom is 0.290 e. The first kappa shape index (κ1) is 20.3. The van der Waals surface area contributed by atoms with Gasteiger partial charge in [0.05, 0.1) is 11.4 Å². The van der Waals surface area contributed by atoms with Crippen LogP contribution in [0.15, 0.2) is 29.1 Å². The van der Waals surface area contributed by atoms with Crippen molar-refractivity contribution in [2.75, 3.05) is 0 Å². The first-order valence-corrected chi connectivity index (χ1v) is 10.2. The molecule has 1 fully saturated rings. The van der Waals surface area contributed by atoms with Crippen LogP contribution in [0.2, 0.25) is 0 Å². The molecule has 2 unspecified atom stereocenters. The highest BCUT2D eigenvalue weighted by molar-refractivity contribution is 7.80. The number of hydrogen-bond acceptors (Lipinski definition) is 4. The SMILES string of the molecule is CC1CCCCC1NC(=S)NNC(=O)c1nn(C(C)C)c(=O)c2ccccc12. The lowest BCUT2D eigenvalue weighted by Crippen LogP contribution is -2.51. The van der Waals surface area contributed by atoms with E-state index in [0.717, 1.165) is 6.42 Å². The third-order valence-electron chi connectivity index (χ3n) is 5.25. The molecular formula is C20H27N5O2S. The van der Waals surface area contributed by atoms with E-state index in [1.807, 2.05) is 13.8 Å². The third kappa shape index (κ3) is 4.32. The Bertz CT molecular complexity index is 940. The van der Waals surface area contributed by atoms with E-state index in [9.17, 15) is 9.59 Å². The molecule has 0 spiro atoms. The number of hydrogen-bond donors (Lipinski definition) is 3. The number of amides is 1. The maximum absolute atomic E-state index is 12.8. The lowest BCUT2D eigenvalue weighted by molar-refractivity contribution is 0.0937. The Morgan fingerprint density at radius 3 is 2.54 bits per heavy atom. The summed E-state index contributed by atoms with van der Waals surface area (Å²) >= 11 is 5.33. The summed E-state index contributed by atoms with van der Waals surface area (Å²) in [5.41, 5.74) is 5.36. The summed E-state index contributed by atoms with van der Waals surface area (Å²) in [5, 5.41) is 8.94. The van der Waals surface area contributed by atoms with E-state index in [-0.39, 0.29) is 17.3 Å². The van der Waals surface area contributed by atoms with E-state index in [1.165, 1.54) is 23.9 Å². The second kappa shape index (κ2) is 8.68. The van der Waals surface area contributed by atoms with E-state index >= 15 is 0 Å². The molecule has 28 heavy (non-hydrogen) atoms. The predicted octanol–water partition coefficient (Wildman–Crippen LogP) is 2.67. The van der Waals surface area contributed by atoms with E-state index < -0.39 is 5.91 Å². The number of carbonyl (C=O) groups is 1. The number of nitrogens with zero attached hydrogens (tertiary/aromatic N) is 2. The average Bonchev–Trinajstić information content (AvgIpc) is 2.68. The molecule has 1 aliphatic rings. The van der Waals surface area contributed by atoms with Gasteiger partial charge in [0.15, 0.2) is 10.8 Å². The molecule has 3 rings (SSSR count). The zero-order valence-corrected chi connectivity index (χ0v) is 17.3. The van der Waals surface area contributed by atoms with Crippen molar-refractivity contribution in [1.82, 2.24) is 25.9 Å². The van der Waals surface area contributed by atoms with Crippen LogP contribution in [0.4, 0.5) is 0 Å². The third-order valence-corrected chi connectivity index (χ3v) is 5.47. The van der Waals surface area contributed by atoms with Gasteiger partial charge in [-0.15, -0.1) is 0 Å². The summed E-state index contributed by atoms with van der Waals surface area (Å²) in [6.07, 6.45) is 4.69. The summed E-state index contributed by atoms with van der Waals surface area (Å²) in [4.78, 5) is 25.4. The highest BCUT2D eigenvalue weighted by Gasteiger charge is 2.22. The van der Waals surface area contributed by atoms with Crippen LogP contribution in [-0.2, 0) is 0 Å². The highest BCUT2D eigenvalue weighted by Crippen LogP contribution is 2.23. The Balaban J connectivity index is 1.75. The van der Waals surface area contributed by atoms with Gasteiger partial charge in [-0.2, -0.15) is 5.10 Å². The molecule has 8 heteroatoms. The van der Waals surface area contributed by atoms with Crippen molar-refractivity contribution in [3.05, 3.63) is 40.3 Å². The van der Waals surface area contributed by atoms with Crippen molar-refractivity contribution in [2.24, 2.45) is 5.92 Å². The first-order chi connectivity index (χ1) is 13.4. The van der Waals surface area contributed by atoms with Crippen LogP contribution < -0.4 is 21.7 Å². The Morgan fingerprint density at radius 1 is 1.18 bits per heavy atom. The number of nitrogens with one attached hydrogen (secondary N) is 3. The lowest BCUT2D eigenvalue weighted by atomic mass is 9.86. The van der Waals surface area contributed by atoms with Crippen LogP contribution >= 0.6 is 12.2 Å². The Kier molecular flexibility index (Phi) is 6.28. The molecular weight excluding hydrogens is 374 g/mol. The highest BCUT2D eigenvalue weighted by atomic mass is 32.1. The van der Waals surface area contributed by atoms with Gasteiger partial charge in [0.1, 0.15) is 0 Å². The number of carbonyl (C=O) groups excluding carboxylic acids is 1. The number of rotatable bonds is 3. The molecule has 1 aromatic carbocycles. The van der Waals surface area contributed by atoms with Crippen molar-refractivity contribution in [3.63, 3.8) is 0 Å². The van der Waals surface area contributed by atoms with Gasteiger partial charge in [0.2, 0.25) is 0 Å². The summed E-state index contributed by atoms with van der Waals surface area (Å²) in [5.74, 6) is 0.107. The first-order valence-electron chi connectivity index (χ1n) is 9.77. The van der Waals surface area contributed by atoms with Crippen LogP contribution in [0.5, 0.6) is 0 Å². The number of thiocarbonyl (C=S) groups is 1. The molecule has 1 amide bonds. The zero-order valence-electron chi connectivity index (χ0n) is 16.5. The normalized spacial score (nSPS) is 19.4. The van der Waals surface area contributed by atoms with Gasteiger partial charge in [-0.25, -0.2) is 4.68 Å². The van der Waals surface area contributed by atoms with Crippen molar-refractivity contribution < 1.29 is 4.79 Å².